The summed E-state index contributed by atoms with van der Waals surface area (Å²) in [6.45, 7) is 22.5. The van der Waals surface area contributed by atoms with E-state index in [2.05, 4.69) is 27.8 Å². The lowest BCUT2D eigenvalue weighted by Gasteiger charge is -2.37. The molecular formula is C34H59N5O8. The molecule has 0 aromatic carbocycles. The van der Waals surface area contributed by atoms with Crippen LogP contribution >= 0.6 is 0 Å². The summed E-state index contributed by atoms with van der Waals surface area (Å²) in [6.07, 6.45) is 2.06. The number of rotatable bonds is 17. The van der Waals surface area contributed by atoms with Gasteiger partial charge < -0.3 is 35.6 Å². The van der Waals surface area contributed by atoms with Gasteiger partial charge in [0.2, 0.25) is 17.6 Å². The van der Waals surface area contributed by atoms with E-state index < -0.39 is 59.2 Å². The molecule has 5 amide bonds. The largest absolute Gasteiger partial charge is 0.508 e. The van der Waals surface area contributed by atoms with Crippen molar-refractivity contribution >= 4 is 35.7 Å². The highest BCUT2D eigenvalue weighted by Gasteiger charge is 2.47. The van der Waals surface area contributed by atoms with E-state index in [4.69, 9.17) is 9.47 Å². The van der Waals surface area contributed by atoms with Crippen LogP contribution in [0.2, 0.25) is 0 Å². The normalized spacial score (nSPS) is 18.3. The van der Waals surface area contributed by atoms with Gasteiger partial charge in [0, 0.05) is 25.6 Å². The Kier molecular flexibility index (Phi) is 16.9. The predicted octanol–water partition coefficient (Wildman–Crippen LogP) is 3.71. The Morgan fingerprint density at radius 1 is 0.957 bits per heavy atom. The molecule has 0 aromatic rings. The molecular weight excluding hydrogens is 606 g/mol. The number of urea groups is 1. The van der Waals surface area contributed by atoms with Crippen LogP contribution in [-0.2, 0) is 28.7 Å². The number of hydrogen-bond acceptors (Lipinski definition) is 8. The first-order valence-corrected chi connectivity index (χ1v) is 16.8. The van der Waals surface area contributed by atoms with Gasteiger partial charge in [-0.15, -0.1) is 6.58 Å². The maximum Gasteiger partial charge on any atom is 0.508 e. The van der Waals surface area contributed by atoms with Crippen molar-refractivity contribution in [3.63, 3.8) is 0 Å². The van der Waals surface area contributed by atoms with Crippen LogP contribution in [0, 0.1) is 23.2 Å². The lowest BCUT2D eigenvalue weighted by Crippen LogP contribution is -2.61. The van der Waals surface area contributed by atoms with E-state index in [1.165, 1.54) is 11.0 Å². The molecule has 1 aliphatic heterocycles. The molecule has 0 saturated carbocycles. The van der Waals surface area contributed by atoms with Gasteiger partial charge in [-0.25, -0.2) is 9.59 Å². The smallest absolute Gasteiger partial charge is 0.434 e. The van der Waals surface area contributed by atoms with Crippen LogP contribution in [0.4, 0.5) is 9.59 Å². The third-order valence-corrected chi connectivity index (χ3v) is 8.18. The predicted molar refractivity (Wildman–Crippen MR) is 179 cm³/mol. The fourth-order valence-corrected chi connectivity index (χ4v) is 5.55. The number of ketones is 1. The lowest BCUT2D eigenvalue weighted by atomic mass is 9.84. The number of nitrogens with zero attached hydrogens (tertiary/aromatic N) is 1. The van der Waals surface area contributed by atoms with Crippen molar-refractivity contribution < 1.29 is 38.2 Å². The van der Waals surface area contributed by atoms with Gasteiger partial charge in [-0.2, -0.15) is 0 Å². The number of carbonyl (C=O) groups excluding carboxylic acids is 6. The highest BCUT2D eigenvalue weighted by Crippen LogP contribution is 2.33. The summed E-state index contributed by atoms with van der Waals surface area (Å²) in [5.41, 5.74) is -0.730. The number of hydrogen-bond donors (Lipinski definition) is 4. The van der Waals surface area contributed by atoms with Crippen LogP contribution in [0.3, 0.4) is 0 Å². The minimum Gasteiger partial charge on any atom is -0.434 e. The van der Waals surface area contributed by atoms with Gasteiger partial charge in [-0.1, -0.05) is 67.9 Å². The molecule has 0 aliphatic carbocycles. The first kappa shape index (κ1) is 41.4. The molecule has 47 heavy (non-hydrogen) atoms. The molecule has 0 spiro atoms. The van der Waals surface area contributed by atoms with E-state index in [1.54, 1.807) is 13.8 Å². The monoisotopic (exact) mass is 665 g/mol. The first-order valence-electron chi connectivity index (χ1n) is 16.8. The molecule has 4 N–H and O–H groups in total. The van der Waals surface area contributed by atoms with Crippen LogP contribution < -0.4 is 21.3 Å². The third-order valence-electron chi connectivity index (χ3n) is 8.18. The van der Waals surface area contributed by atoms with E-state index >= 15 is 0 Å². The average molecular weight is 666 g/mol. The third kappa shape index (κ3) is 13.2. The number of carbonyl (C=O) groups is 6. The quantitative estimate of drug-likeness (QED) is 0.103. The summed E-state index contributed by atoms with van der Waals surface area (Å²) < 4.78 is 10.1. The van der Waals surface area contributed by atoms with Crippen LogP contribution in [0.5, 0.6) is 0 Å². The number of nitrogens with one attached hydrogen (secondary N) is 4. The van der Waals surface area contributed by atoms with Crippen molar-refractivity contribution in [2.24, 2.45) is 23.2 Å². The molecule has 1 rings (SSSR count). The van der Waals surface area contributed by atoms with Crippen LogP contribution in [0.25, 0.3) is 0 Å². The Morgan fingerprint density at radius 3 is 2.11 bits per heavy atom. The summed E-state index contributed by atoms with van der Waals surface area (Å²) in [5, 5.41) is 11.0. The van der Waals surface area contributed by atoms with Gasteiger partial charge in [-0.05, 0) is 49.9 Å². The first-order chi connectivity index (χ1) is 21.8. The van der Waals surface area contributed by atoms with Gasteiger partial charge in [-0.3, -0.25) is 19.2 Å². The Morgan fingerprint density at radius 2 is 1.60 bits per heavy atom. The average Bonchev–Trinajstić information content (AvgIpc) is 3.42. The zero-order valence-corrected chi connectivity index (χ0v) is 30.1. The second-order valence-corrected chi connectivity index (χ2v) is 14.2. The van der Waals surface area contributed by atoms with Crippen molar-refractivity contribution in [3.8, 4) is 0 Å². The summed E-state index contributed by atoms with van der Waals surface area (Å²) in [7, 11) is 0. The Balaban J connectivity index is 3.18. The number of Topliss-reactive ketones (excluding diaryl/α,β-unsaturated/α-hetero) is 1. The molecule has 268 valence electrons. The highest BCUT2D eigenvalue weighted by molar-refractivity contribution is 6.38. The second-order valence-electron chi connectivity index (χ2n) is 14.2. The summed E-state index contributed by atoms with van der Waals surface area (Å²) in [5.74, 6) is -2.67. The van der Waals surface area contributed by atoms with Crippen LogP contribution in [-0.4, -0.2) is 90.6 Å². The Hall–Kier alpha value is -3.64. The van der Waals surface area contributed by atoms with Crippen molar-refractivity contribution in [2.75, 3.05) is 19.7 Å². The summed E-state index contributed by atoms with van der Waals surface area (Å²) in [4.78, 5) is 80.0. The maximum absolute atomic E-state index is 14.2. The molecule has 0 aromatic heterocycles. The summed E-state index contributed by atoms with van der Waals surface area (Å²) in [6, 6.07) is -3.88. The molecule has 13 nitrogen and oxygen atoms in total. The molecule has 1 aliphatic rings. The van der Waals surface area contributed by atoms with Crippen LogP contribution in [0.1, 0.15) is 94.9 Å². The van der Waals surface area contributed by atoms with E-state index in [0.717, 1.165) is 0 Å². The second kappa shape index (κ2) is 19.2. The fraction of sp³-hybridized carbons (Fsp3) is 0.765. The topological polar surface area (TPSA) is 172 Å². The molecule has 1 fully saturated rings. The minimum atomic E-state index is -1.05. The Bertz CT molecular complexity index is 1100. The molecule has 0 bridgehead atoms. The van der Waals surface area contributed by atoms with Gasteiger partial charge in [0.1, 0.15) is 12.1 Å². The van der Waals surface area contributed by atoms with Gasteiger partial charge in [0.25, 0.3) is 5.91 Å². The standard InChI is InChI=1S/C34H59N5O8/c1-12-14-25(27(40)30(42)35-17-13-2)36-29(41)26-23(20(3)4)15-18-39(26)31(43)28(34(9,10)11)38-32(44)37-24(21(5)6)16-19-46-33(45)47-22(7)8/h13,20-26,28H,2,12,14-19H2,1,3-11H3,(H,35,42)(H,36,41)(H2,37,38,44)/t23-,24-,25?,26?,28?/m1/s1. The lowest BCUT2D eigenvalue weighted by molar-refractivity contribution is -0.144. The van der Waals surface area contributed by atoms with E-state index in [0.29, 0.717) is 25.8 Å². The zero-order valence-electron chi connectivity index (χ0n) is 30.1. The SMILES string of the molecule is C=CCNC(=O)C(=O)C(CCC)NC(=O)C1[C@@H](C(C)C)CCN1C(=O)C(NC(=O)N[C@H](CCOC(=O)OC(C)C)C(C)C)C(C)(C)C. The maximum atomic E-state index is 14.2. The van der Waals surface area contributed by atoms with Crippen molar-refractivity contribution in [3.05, 3.63) is 12.7 Å². The molecule has 0 radical (unpaired) electrons. The van der Waals surface area contributed by atoms with Gasteiger partial charge in [0.15, 0.2) is 0 Å². The molecule has 1 heterocycles. The molecule has 13 heteroatoms. The van der Waals surface area contributed by atoms with Gasteiger partial charge >= 0.3 is 12.2 Å². The minimum absolute atomic E-state index is 0.00894. The molecule has 5 atom stereocenters. The van der Waals surface area contributed by atoms with Crippen molar-refractivity contribution in [1.29, 1.82) is 0 Å². The number of likely N-dealkylation sites (tertiary alicyclic amines) is 1. The number of amides is 5. The van der Waals surface area contributed by atoms with E-state index in [1.807, 2.05) is 55.4 Å². The summed E-state index contributed by atoms with van der Waals surface area (Å²) >= 11 is 0. The van der Waals surface area contributed by atoms with Crippen molar-refractivity contribution in [1.82, 2.24) is 26.2 Å². The van der Waals surface area contributed by atoms with Crippen LogP contribution in [0.15, 0.2) is 12.7 Å². The van der Waals surface area contributed by atoms with E-state index in [-0.39, 0.29) is 49.5 Å². The molecule has 3 unspecified atom stereocenters. The van der Waals surface area contributed by atoms with Crippen molar-refractivity contribution in [2.45, 2.75) is 125 Å². The highest BCUT2D eigenvalue weighted by atomic mass is 16.7. The van der Waals surface area contributed by atoms with E-state index in [9.17, 15) is 28.8 Å². The van der Waals surface area contributed by atoms with Gasteiger partial charge in [0.05, 0.1) is 18.8 Å². The molecule has 1 saturated heterocycles. The number of ether oxygens (including phenoxy) is 2. The zero-order chi connectivity index (χ0) is 36.1. The Labute approximate surface area is 280 Å². The fourth-order valence-electron chi connectivity index (χ4n) is 5.55.